The van der Waals surface area contributed by atoms with Crippen molar-refractivity contribution in [1.29, 1.82) is 0 Å². The van der Waals surface area contributed by atoms with Crippen molar-refractivity contribution in [3.05, 3.63) is 0 Å². The van der Waals surface area contributed by atoms with Crippen LogP contribution in [0.15, 0.2) is 0 Å². The first-order chi connectivity index (χ1) is 2.97. The first-order valence-corrected chi connectivity index (χ1v) is 2.43. The molecule has 0 aromatic heterocycles. The van der Waals surface area contributed by atoms with Crippen LogP contribution >= 0.6 is 0 Å². The molecule has 0 spiro atoms. The number of rotatable bonds is 0. The van der Waals surface area contributed by atoms with Crippen molar-refractivity contribution in [3.8, 4) is 0 Å². The zero-order chi connectivity index (χ0) is 3.98. The lowest BCUT2D eigenvalue weighted by atomic mass is 9.93. The summed E-state index contributed by atoms with van der Waals surface area (Å²) in [6, 6.07) is 1.70. The second kappa shape index (κ2) is 0.768. The molecule has 0 aromatic carbocycles. The maximum Gasteiger partial charge on any atom is 0.0359 e. The molecule has 0 amide bonds. The first-order valence-electron chi connectivity index (χ1n) is 2.43. The lowest BCUT2D eigenvalue weighted by Gasteiger charge is -2.48. The van der Waals surface area contributed by atoms with Crippen molar-refractivity contribution >= 4 is 0 Å². The fourth-order valence-electron chi connectivity index (χ4n) is 0.949. The molecule has 2 heteroatoms. The van der Waals surface area contributed by atoms with Gasteiger partial charge in [0, 0.05) is 25.2 Å². The maximum absolute atomic E-state index is 3.28. The molecular weight excluding hydrogens is 76.1 g/mol. The minimum Gasteiger partial charge on any atom is -0.310 e. The van der Waals surface area contributed by atoms with E-state index in [1.165, 1.54) is 13.1 Å². The van der Waals surface area contributed by atoms with E-state index >= 15 is 0 Å². The molecule has 0 bridgehead atoms. The van der Waals surface area contributed by atoms with Gasteiger partial charge in [-0.2, -0.15) is 0 Å². The smallest absolute Gasteiger partial charge is 0.0359 e. The summed E-state index contributed by atoms with van der Waals surface area (Å²) in [6.45, 7) is 2.40. The van der Waals surface area contributed by atoms with Crippen LogP contribution in [0.25, 0.3) is 0 Å². The maximum atomic E-state index is 3.28. The summed E-state index contributed by atoms with van der Waals surface area (Å²) in [4.78, 5) is 0. The monoisotopic (exact) mass is 84.1 g/mol. The Morgan fingerprint density at radius 2 is 1.50 bits per heavy atom. The van der Waals surface area contributed by atoms with Crippen LogP contribution < -0.4 is 10.6 Å². The molecule has 2 heterocycles. The lowest BCUT2D eigenvalue weighted by molar-refractivity contribution is 0.164. The Kier molecular flexibility index (Phi) is 0.383. The molecule has 0 saturated carbocycles. The summed E-state index contributed by atoms with van der Waals surface area (Å²) >= 11 is 0. The van der Waals surface area contributed by atoms with Gasteiger partial charge in [-0.15, -0.1) is 0 Å². The Bertz CT molecular complexity index is 53.9. The summed E-state index contributed by atoms with van der Waals surface area (Å²) in [5, 5.41) is 6.56. The van der Waals surface area contributed by atoms with Crippen LogP contribution in [-0.2, 0) is 0 Å². The molecular formula is C4H8N2. The Morgan fingerprint density at radius 3 is 1.50 bits per heavy atom. The highest BCUT2D eigenvalue weighted by Crippen LogP contribution is 2.10. The van der Waals surface area contributed by atoms with Gasteiger partial charge in [-0.05, 0) is 0 Å². The van der Waals surface area contributed by atoms with E-state index in [1.807, 2.05) is 0 Å². The number of hydrogen-bond acceptors (Lipinski definition) is 2. The third-order valence-electron chi connectivity index (χ3n) is 1.69. The van der Waals surface area contributed by atoms with E-state index in [4.69, 9.17) is 0 Å². The second-order valence-electron chi connectivity index (χ2n) is 2.03. The Labute approximate surface area is 36.9 Å². The van der Waals surface area contributed by atoms with Crippen LogP contribution in [0.3, 0.4) is 0 Å². The summed E-state index contributed by atoms with van der Waals surface area (Å²) in [7, 11) is 0. The number of piperazine rings is 1. The van der Waals surface area contributed by atoms with E-state index < -0.39 is 0 Å². The van der Waals surface area contributed by atoms with E-state index in [0.29, 0.717) is 0 Å². The predicted octanol–water partition coefficient (Wildman–Crippen LogP) is -1.07. The Morgan fingerprint density at radius 1 is 1.00 bits per heavy atom. The topological polar surface area (TPSA) is 24.1 Å². The average molecular weight is 84.1 g/mol. The quantitative estimate of drug-likeness (QED) is 0.390. The van der Waals surface area contributed by atoms with E-state index in [0.717, 1.165) is 12.1 Å². The van der Waals surface area contributed by atoms with Crippen molar-refractivity contribution in [2.45, 2.75) is 12.1 Å². The number of hydrogen-bond donors (Lipinski definition) is 2. The fourth-order valence-corrected chi connectivity index (χ4v) is 0.949. The van der Waals surface area contributed by atoms with Gasteiger partial charge in [0.25, 0.3) is 0 Å². The number of fused-ring (bicyclic) bond motifs is 1. The zero-order valence-electron chi connectivity index (χ0n) is 3.57. The van der Waals surface area contributed by atoms with Crippen LogP contribution in [0, 0.1) is 0 Å². The third-order valence-corrected chi connectivity index (χ3v) is 1.69. The largest absolute Gasteiger partial charge is 0.310 e. The van der Waals surface area contributed by atoms with Gasteiger partial charge in [0.2, 0.25) is 0 Å². The van der Waals surface area contributed by atoms with Crippen molar-refractivity contribution in [2.24, 2.45) is 0 Å². The van der Waals surface area contributed by atoms with Gasteiger partial charge in [-0.1, -0.05) is 0 Å². The van der Waals surface area contributed by atoms with E-state index in [9.17, 15) is 0 Å². The highest BCUT2D eigenvalue weighted by atomic mass is 15.2. The van der Waals surface area contributed by atoms with Crippen LogP contribution in [0.4, 0.5) is 0 Å². The van der Waals surface area contributed by atoms with E-state index in [1.54, 1.807) is 0 Å². The van der Waals surface area contributed by atoms with Crippen molar-refractivity contribution < 1.29 is 0 Å². The summed E-state index contributed by atoms with van der Waals surface area (Å²) < 4.78 is 0. The predicted molar refractivity (Wildman–Crippen MR) is 23.6 cm³/mol. The van der Waals surface area contributed by atoms with Crippen molar-refractivity contribution in [1.82, 2.24) is 10.6 Å². The van der Waals surface area contributed by atoms with Gasteiger partial charge < -0.3 is 10.6 Å². The van der Waals surface area contributed by atoms with Crippen LogP contribution in [0.5, 0.6) is 0 Å². The molecule has 2 N–H and O–H groups in total. The highest BCUT2D eigenvalue weighted by molar-refractivity contribution is 5.03. The van der Waals surface area contributed by atoms with Gasteiger partial charge in [0.15, 0.2) is 0 Å². The minimum atomic E-state index is 0.852. The van der Waals surface area contributed by atoms with Crippen LogP contribution in [0.1, 0.15) is 0 Å². The van der Waals surface area contributed by atoms with Crippen LogP contribution in [-0.4, -0.2) is 25.2 Å². The lowest BCUT2D eigenvalue weighted by Crippen LogP contribution is -2.76. The normalized spacial score (nSPS) is 52.0. The van der Waals surface area contributed by atoms with Gasteiger partial charge in [0.1, 0.15) is 0 Å². The van der Waals surface area contributed by atoms with E-state index in [2.05, 4.69) is 10.6 Å². The standard InChI is InChI=1S/C4H8N2/c1-3-4(5-1)2-6-3/h3-6H,1-2H2/t3-,4?/m0/s1. The molecule has 6 heavy (non-hydrogen) atoms. The minimum absolute atomic E-state index is 0.852. The molecule has 0 aliphatic carbocycles. The van der Waals surface area contributed by atoms with Gasteiger partial charge in [-0.3, -0.25) is 0 Å². The third kappa shape index (κ3) is 0.172. The fraction of sp³-hybridized carbons (Fsp3) is 1.00. The molecule has 2 aliphatic heterocycles. The molecule has 2 rings (SSSR count). The molecule has 1 unspecified atom stereocenters. The first kappa shape index (κ1) is 2.99. The van der Waals surface area contributed by atoms with Gasteiger partial charge in [-0.25, -0.2) is 0 Å². The van der Waals surface area contributed by atoms with E-state index in [-0.39, 0.29) is 0 Å². The molecule has 2 aliphatic rings. The SMILES string of the molecule is C1N[C@H]2CNC12. The summed E-state index contributed by atoms with van der Waals surface area (Å²) in [5.74, 6) is 0. The summed E-state index contributed by atoms with van der Waals surface area (Å²) in [5.41, 5.74) is 0. The molecule has 34 valence electrons. The molecule has 2 fully saturated rings. The Balaban J connectivity index is 2.03. The Hall–Kier alpha value is -0.0800. The summed E-state index contributed by atoms with van der Waals surface area (Å²) in [6.07, 6.45) is 0. The van der Waals surface area contributed by atoms with Crippen LogP contribution in [0.2, 0.25) is 0 Å². The van der Waals surface area contributed by atoms with Crippen molar-refractivity contribution in [2.75, 3.05) is 13.1 Å². The molecule has 0 radical (unpaired) electrons. The highest BCUT2D eigenvalue weighted by Gasteiger charge is 2.37. The van der Waals surface area contributed by atoms with Gasteiger partial charge in [0.05, 0.1) is 0 Å². The van der Waals surface area contributed by atoms with Crippen molar-refractivity contribution in [3.63, 3.8) is 0 Å². The molecule has 2 atom stereocenters. The average Bonchev–Trinajstić information content (AvgIpc) is 1.54. The number of nitrogens with one attached hydrogen (secondary N) is 2. The molecule has 2 saturated heterocycles. The molecule has 2 nitrogen and oxygen atoms in total. The second-order valence-corrected chi connectivity index (χ2v) is 2.03. The van der Waals surface area contributed by atoms with Gasteiger partial charge >= 0.3 is 0 Å². The molecule has 0 aromatic rings. The zero-order valence-corrected chi connectivity index (χ0v) is 3.57.